The molecule has 74 valence electrons. The number of rotatable bonds is 4. The van der Waals surface area contributed by atoms with Gasteiger partial charge in [0, 0.05) is 27.4 Å². The minimum Gasteiger partial charge on any atom is -0.428 e. The van der Waals surface area contributed by atoms with Crippen LogP contribution in [0.4, 0.5) is 0 Å². The van der Waals surface area contributed by atoms with E-state index in [9.17, 15) is 4.79 Å². The van der Waals surface area contributed by atoms with Crippen LogP contribution in [0, 0.1) is 0 Å². The lowest BCUT2D eigenvalue weighted by Crippen LogP contribution is -2.25. The summed E-state index contributed by atoms with van der Waals surface area (Å²) < 4.78 is 19.6. The zero-order chi connectivity index (χ0) is 9.84. The lowest BCUT2D eigenvalue weighted by atomic mass is 10.2. The van der Waals surface area contributed by atoms with Gasteiger partial charge in [0.05, 0.1) is 5.57 Å². The van der Waals surface area contributed by atoms with Crippen molar-refractivity contribution in [2.45, 2.75) is 12.6 Å². The highest BCUT2D eigenvalue weighted by atomic mass is 16.7. The normalized spacial score (nSPS) is 22.0. The largest absolute Gasteiger partial charge is 0.428 e. The maximum Gasteiger partial charge on any atom is 0.333 e. The van der Waals surface area contributed by atoms with E-state index >= 15 is 0 Å². The first-order valence-electron chi connectivity index (χ1n) is 3.73. The van der Waals surface area contributed by atoms with Gasteiger partial charge in [-0.1, -0.05) is 0 Å². The van der Waals surface area contributed by atoms with Crippen LogP contribution in [-0.4, -0.2) is 39.9 Å². The average molecular weight is 188 g/mol. The zero-order valence-corrected chi connectivity index (χ0v) is 7.77. The monoisotopic (exact) mass is 188 g/mol. The van der Waals surface area contributed by atoms with Crippen LogP contribution in [0.15, 0.2) is 11.6 Å². The van der Waals surface area contributed by atoms with Gasteiger partial charge in [-0.15, -0.1) is 0 Å². The molecule has 0 saturated carbocycles. The quantitative estimate of drug-likeness (QED) is 0.461. The standard InChI is InChI=1S/C8H12O5/c1-10-7(11-2)5-4-6(9)13-8(5)12-3/h4,7-8H,1-3H3. The highest BCUT2D eigenvalue weighted by Crippen LogP contribution is 2.21. The van der Waals surface area contributed by atoms with Gasteiger partial charge in [-0.3, -0.25) is 0 Å². The van der Waals surface area contributed by atoms with Crippen molar-refractivity contribution in [2.75, 3.05) is 21.3 Å². The van der Waals surface area contributed by atoms with Crippen LogP contribution in [0.1, 0.15) is 0 Å². The van der Waals surface area contributed by atoms with Crippen molar-refractivity contribution in [3.8, 4) is 0 Å². The van der Waals surface area contributed by atoms with E-state index in [1.165, 1.54) is 27.4 Å². The summed E-state index contributed by atoms with van der Waals surface area (Å²) in [5.41, 5.74) is 0.539. The Hall–Kier alpha value is -0.910. The molecule has 1 heterocycles. The van der Waals surface area contributed by atoms with Crippen molar-refractivity contribution < 1.29 is 23.7 Å². The third kappa shape index (κ3) is 2.06. The van der Waals surface area contributed by atoms with Crippen molar-refractivity contribution >= 4 is 5.97 Å². The second-order valence-electron chi connectivity index (χ2n) is 2.45. The molecule has 5 nitrogen and oxygen atoms in total. The molecule has 0 spiro atoms. The molecule has 0 aromatic rings. The molecule has 0 saturated heterocycles. The summed E-state index contributed by atoms with van der Waals surface area (Å²) in [5, 5.41) is 0. The number of carbonyl (C=O) groups is 1. The minimum atomic E-state index is -0.697. The Morgan fingerprint density at radius 1 is 1.38 bits per heavy atom. The van der Waals surface area contributed by atoms with E-state index in [-0.39, 0.29) is 0 Å². The topological polar surface area (TPSA) is 54.0 Å². The van der Waals surface area contributed by atoms with E-state index in [1.807, 2.05) is 0 Å². The van der Waals surface area contributed by atoms with Crippen LogP contribution < -0.4 is 0 Å². The molecular formula is C8H12O5. The fourth-order valence-electron chi connectivity index (χ4n) is 1.14. The number of cyclic esters (lactones) is 1. The molecule has 0 aromatic carbocycles. The predicted octanol–water partition coefficient (Wildman–Crippen LogP) is 0.0610. The number of carbonyl (C=O) groups excluding carboxylic acids is 1. The van der Waals surface area contributed by atoms with Crippen LogP contribution in [0.3, 0.4) is 0 Å². The van der Waals surface area contributed by atoms with Crippen LogP contribution in [0.25, 0.3) is 0 Å². The second kappa shape index (κ2) is 4.36. The number of methoxy groups -OCH3 is 3. The highest BCUT2D eigenvalue weighted by Gasteiger charge is 2.31. The smallest absolute Gasteiger partial charge is 0.333 e. The number of esters is 1. The van der Waals surface area contributed by atoms with E-state index in [0.717, 1.165) is 0 Å². The molecule has 5 heteroatoms. The van der Waals surface area contributed by atoms with Crippen molar-refractivity contribution in [1.29, 1.82) is 0 Å². The Kier molecular flexibility index (Phi) is 3.41. The molecule has 13 heavy (non-hydrogen) atoms. The Bertz CT molecular complexity index is 219. The van der Waals surface area contributed by atoms with Crippen LogP contribution in [-0.2, 0) is 23.7 Å². The van der Waals surface area contributed by atoms with E-state index in [1.54, 1.807) is 0 Å². The summed E-state index contributed by atoms with van der Waals surface area (Å²) in [6.07, 6.45) is 0.0139. The summed E-state index contributed by atoms with van der Waals surface area (Å²) in [6, 6.07) is 0. The first-order chi connectivity index (χ1) is 6.22. The predicted molar refractivity (Wildman–Crippen MR) is 42.8 cm³/mol. The van der Waals surface area contributed by atoms with Gasteiger partial charge in [0.1, 0.15) is 0 Å². The second-order valence-corrected chi connectivity index (χ2v) is 2.45. The van der Waals surface area contributed by atoms with Crippen molar-refractivity contribution in [1.82, 2.24) is 0 Å². The molecule has 1 aliphatic rings. The van der Waals surface area contributed by atoms with Crippen LogP contribution in [0.5, 0.6) is 0 Å². The third-order valence-electron chi connectivity index (χ3n) is 1.69. The average Bonchev–Trinajstić information content (AvgIpc) is 2.49. The SMILES string of the molecule is COC(OC)C1=CC(=O)OC1OC. The summed E-state index contributed by atoms with van der Waals surface area (Å²) in [6.45, 7) is 0. The van der Waals surface area contributed by atoms with E-state index < -0.39 is 18.5 Å². The van der Waals surface area contributed by atoms with Gasteiger partial charge in [-0.05, 0) is 0 Å². The highest BCUT2D eigenvalue weighted by molar-refractivity contribution is 5.85. The molecule has 1 atom stereocenters. The molecule has 0 radical (unpaired) electrons. The molecule has 0 fully saturated rings. The lowest BCUT2D eigenvalue weighted by molar-refractivity contribution is -0.161. The van der Waals surface area contributed by atoms with E-state index in [0.29, 0.717) is 5.57 Å². The maximum absolute atomic E-state index is 10.9. The first kappa shape index (κ1) is 10.2. The van der Waals surface area contributed by atoms with Crippen molar-refractivity contribution in [2.24, 2.45) is 0 Å². The van der Waals surface area contributed by atoms with Crippen molar-refractivity contribution in [3.63, 3.8) is 0 Å². The van der Waals surface area contributed by atoms with Gasteiger partial charge in [0.2, 0.25) is 6.29 Å². The summed E-state index contributed by atoms with van der Waals surface area (Å²) in [7, 11) is 4.40. The third-order valence-corrected chi connectivity index (χ3v) is 1.69. The minimum absolute atomic E-state index is 0.444. The summed E-state index contributed by atoms with van der Waals surface area (Å²) in [4.78, 5) is 10.9. The maximum atomic E-state index is 10.9. The summed E-state index contributed by atoms with van der Waals surface area (Å²) >= 11 is 0. The van der Waals surface area contributed by atoms with Gasteiger partial charge in [-0.2, -0.15) is 0 Å². The molecule has 0 aromatic heterocycles. The molecular weight excluding hydrogens is 176 g/mol. The molecule has 0 aliphatic carbocycles. The van der Waals surface area contributed by atoms with E-state index in [2.05, 4.69) is 0 Å². The fraction of sp³-hybridized carbons (Fsp3) is 0.625. The van der Waals surface area contributed by atoms with E-state index in [4.69, 9.17) is 18.9 Å². The molecule has 0 amide bonds. The Labute approximate surface area is 76.2 Å². The number of hydrogen-bond donors (Lipinski definition) is 0. The zero-order valence-electron chi connectivity index (χ0n) is 7.77. The van der Waals surface area contributed by atoms with Gasteiger partial charge < -0.3 is 18.9 Å². The Balaban J connectivity index is 2.75. The number of hydrogen-bond acceptors (Lipinski definition) is 5. The van der Waals surface area contributed by atoms with Gasteiger partial charge >= 0.3 is 5.97 Å². The summed E-state index contributed by atoms with van der Waals surface area (Å²) in [5.74, 6) is -0.444. The lowest BCUT2D eigenvalue weighted by Gasteiger charge is -2.18. The first-order valence-corrected chi connectivity index (χ1v) is 3.73. The molecule has 1 unspecified atom stereocenters. The fourth-order valence-corrected chi connectivity index (χ4v) is 1.14. The van der Waals surface area contributed by atoms with Crippen LogP contribution >= 0.6 is 0 Å². The van der Waals surface area contributed by atoms with Gasteiger partial charge in [-0.25, -0.2) is 4.79 Å². The van der Waals surface area contributed by atoms with Crippen molar-refractivity contribution in [3.05, 3.63) is 11.6 Å². The van der Waals surface area contributed by atoms with Gasteiger partial charge in [0.15, 0.2) is 6.29 Å². The molecule has 1 aliphatic heterocycles. The molecule has 0 N–H and O–H groups in total. The van der Waals surface area contributed by atoms with Crippen LogP contribution in [0.2, 0.25) is 0 Å². The molecule has 0 bridgehead atoms. The molecule has 1 rings (SSSR count). The Morgan fingerprint density at radius 2 is 2.00 bits per heavy atom. The van der Waals surface area contributed by atoms with Gasteiger partial charge in [0.25, 0.3) is 0 Å². The number of ether oxygens (including phenoxy) is 4. The Morgan fingerprint density at radius 3 is 2.46 bits per heavy atom.